The molecule has 0 radical (unpaired) electrons. The summed E-state index contributed by atoms with van der Waals surface area (Å²) in [6.45, 7) is 2.54. The first-order valence-corrected chi connectivity index (χ1v) is 14.2. The number of hydrogen-bond acceptors (Lipinski definition) is 3. The molecule has 2 N–H and O–H groups in total. The highest BCUT2D eigenvalue weighted by Gasteiger charge is 2.53. The molecule has 1 fully saturated rings. The summed E-state index contributed by atoms with van der Waals surface area (Å²) < 4.78 is 0. The highest BCUT2D eigenvalue weighted by molar-refractivity contribution is 6.22. The van der Waals surface area contributed by atoms with Crippen molar-refractivity contribution >= 4 is 34.4 Å². The third kappa shape index (κ3) is 4.34. The number of carbonyl (C=O) groups excluding carboxylic acids is 3. The number of aromatic nitrogens is 1. The Morgan fingerprint density at radius 2 is 1.60 bits per heavy atom. The van der Waals surface area contributed by atoms with E-state index in [1.165, 1.54) is 4.90 Å². The fourth-order valence-corrected chi connectivity index (χ4v) is 6.24. The van der Waals surface area contributed by atoms with Crippen molar-refractivity contribution in [2.75, 3.05) is 11.4 Å². The van der Waals surface area contributed by atoms with Gasteiger partial charge in [-0.2, -0.15) is 0 Å². The van der Waals surface area contributed by atoms with E-state index in [-0.39, 0.29) is 17.8 Å². The summed E-state index contributed by atoms with van der Waals surface area (Å²) in [5, 5.41) is 4.02. The van der Waals surface area contributed by atoms with Gasteiger partial charge in [-0.15, -0.1) is 0 Å². The molecule has 0 spiro atoms. The van der Waals surface area contributed by atoms with Crippen LogP contribution in [0.5, 0.6) is 0 Å². The lowest BCUT2D eigenvalue weighted by molar-refractivity contribution is -0.120. The molecule has 0 aliphatic carbocycles. The number of carbonyl (C=O) groups is 3. The van der Waals surface area contributed by atoms with Gasteiger partial charge in [0, 0.05) is 35.1 Å². The van der Waals surface area contributed by atoms with Crippen LogP contribution in [0.25, 0.3) is 10.9 Å². The van der Waals surface area contributed by atoms with E-state index in [9.17, 15) is 14.4 Å². The van der Waals surface area contributed by atoms with Gasteiger partial charge >= 0.3 is 6.03 Å². The lowest BCUT2D eigenvalue weighted by Crippen LogP contribution is -2.44. The third-order valence-electron chi connectivity index (χ3n) is 8.37. The van der Waals surface area contributed by atoms with Crippen LogP contribution in [-0.4, -0.2) is 40.3 Å². The normalized spacial score (nSPS) is 17.8. The number of fused-ring (bicyclic) bond motifs is 4. The van der Waals surface area contributed by atoms with Gasteiger partial charge in [-0.1, -0.05) is 78.4 Å². The van der Waals surface area contributed by atoms with Crippen LogP contribution < -0.4 is 10.2 Å². The molecule has 1 aromatic heterocycles. The second-order valence-electron chi connectivity index (χ2n) is 11.0. The van der Waals surface area contributed by atoms with E-state index in [1.54, 1.807) is 29.2 Å². The van der Waals surface area contributed by atoms with Gasteiger partial charge in [0.25, 0.3) is 11.8 Å². The minimum atomic E-state index is -0.628. The topological polar surface area (TPSA) is 85.5 Å². The molecule has 7 heteroatoms. The molecule has 0 saturated carbocycles. The van der Waals surface area contributed by atoms with E-state index in [1.807, 2.05) is 79.7 Å². The fourth-order valence-electron chi connectivity index (χ4n) is 6.24. The average Bonchev–Trinajstić information content (AvgIpc) is 3.51. The van der Waals surface area contributed by atoms with Gasteiger partial charge in [0.15, 0.2) is 0 Å². The molecule has 4 amide bonds. The zero-order valence-electron chi connectivity index (χ0n) is 23.2. The summed E-state index contributed by atoms with van der Waals surface area (Å²) in [7, 11) is 0. The summed E-state index contributed by atoms with van der Waals surface area (Å²) in [5.41, 5.74) is 7.17. The van der Waals surface area contributed by atoms with Gasteiger partial charge in [-0.05, 0) is 60.4 Å². The molecule has 2 atom stereocenters. The SMILES string of the molecule is Cc1ccc(C2c3[nH]c4ccccc4c3CC3C(=O)N(c4ccc(C(=O)NCCc5ccccc5)cc4)C(=O)N32)cc1. The van der Waals surface area contributed by atoms with E-state index in [0.29, 0.717) is 24.2 Å². The molecule has 0 bridgehead atoms. The highest BCUT2D eigenvalue weighted by atomic mass is 16.2. The van der Waals surface area contributed by atoms with Crippen molar-refractivity contribution in [3.63, 3.8) is 0 Å². The van der Waals surface area contributed by atoms with Crippen molar-refractivity contribution in [3.8, 4) is 0 Å². The first-order valence-electron chi connectivity index (χ1n) is 14.2. The Morgan fingerprint density at radius 3 is 2.36 bits per heavy atom. The Hall–Kier alpha value is -5.17. The molecule has 2 aliphatic heterocycles. The van der Waals surface area contributed by atoms with Crippen molar-refractivity contribution in [2.45, 2.75) is 31.8 Å². The van der Waals surface area contributed by atoms with Crippen LogP contribution in [-0.2, 0) is 17.6 Å². The van der Waals surface area contributed by atoms with E-state index in [0.717, 1.165) is 45.3 Å². The molecule has 5 aromatic rings. The van der Waals surface area contributed by atoms with Gasteiger partial charge in [-0.3, -0.25) is 14.5 Å². The molecule has 7 rings (SSSR count). The number of anilines is 1. The first-order chi connectivity index (χ1) is 20.5. The number of aromatic amines is 1. The number of hydrogen-bond donors (Lipinski definition) is 2. The number of H-pyrrole nitrogens is 1. The minimum absolute atomic E-state index is 0.196. The highest BCUT2D eigenvalue weighted by Crippen LogP contribution is 2.44. The Bertz CT molecular complexity index is 1810. The second kappa shape index (κ2) is 10.3. The van der Waals surface area contributed by atoms with Gasteiger partial charge in [-0.25, -0.2) is 9.69 Å². The molecule has 3 heterocycles. The summed E-state index contributed by atoms with van der Waals surface area (Å²) in [6, 6.07) is 31.4. The van der Waals surface area contributed by atoms with Crippen LogP contribution in [0.3, 0.4) is 0 Å². The van der Waals surface area contributed by atoms with Crippen LogP contribution in [0.2, 0.25) is 0 Å². The van der Waals surface area contributed by atoms with Crippen LogP contribution in [0.15, 0.2) is 103 Å². The minimum Gasteiger partial charge on any atom is -0.356 e. The monoisotopic (exact) mass is 554 g/mol. The molecule has 42 heavy (non-hydrogen) atoms. The lowest BCUT2D eigenvalue weighted by Gasteiger charge is -2.36. The second-order valence-corrected chi connectivity index (χ2v) is 11.0. The van der Waals surface area contributed by atoms with Gasteiger partial charge in [0.2, 0.25) is 0 Å². The van der Waals surface area contributed by atoms with Crippen LogP contribution in [0.4, 0.5) is 10.5 Å². The molecule has 208 valence electrons. The Morgan fingerprint density at radius 1 is 0.881 bits per heavy atom. The fraction of sp³-hybridized carbons (Fsp3) is 0.171. The summed E-state index contributed by atoms with van der Waals surface area (Å²) in [4.78, 5) is 47.3. The van der Waals surface area contributed by atoms with E-state index >= 15 is 0 Å². The Kier molecular flexibility index (Phi) is 6.35. The smallest absolute Gasteiger partial charge is 0.332 e. The van der Waals surface area contributed by atoms with E-state index in [4.69, 9.17) is 0 Å². The maximum Gasteiger partial charge on any atom is 0.332 e. The van der Waals surface area contributed by atoms with E-state index < -0.39 is 12.1 Å². The standard InChI is InChI=1S/C35H30N4O3/c1-22-11-13-24(14-12-22)32-31-28(27-9-5-6-10-29(27)37-31)21-30-34(41)38(35(42)39(30)32)26-17-15-25(16-18-26)33(40)36-20-19-23-7-3-2-4-8-23/h2-18,30,32,37H,19-21H2,1H3,(H,36,40). The van der Waals surface area contributed by atoms with Gasteiger partial charge < -0.3 is 10.3 Å². The quantitative estimate of drug-likeness (QED) is 0.255. The van der Waals surface area contributed by atoms with Crippen molar-refractivity contribution in [3.05, 3.63) is 137 Å². The largest absolute Gasteiger partial charge is 0.356 e. The number of nitrogens with zero attached hydrogens (tertiary/aromatic N) is 2. The number of imide groups is 1. The zero-order valence-corrected chi connectivity index (χ0v) is 23.2. The summed E-state index contributed by atoms with van der Waals surface area (Å²) in [5.74, 6) is -0.452. The van der Waals surface area contributed by atoms with Gasteiger partial charge in [0.05, 0.1) is 5.69 Å². The molecular weight excluding hydrogens is 524 g/mol. The molecule has 4 aromatic carbocycles. The number of amides is 4. The van der Waals surface area contributed by atoms with Crippen molar-refractivity contribution in [1.82, 2.24) is 15.2 Å². The van der Waals surface area contributed by atoms with Gasteiger partial charge in [0.1, 0.15) is 12.1 Å². The van der Waals surface area contributed by atoms with Crippen molar-refractivity contribution in [1.29, 1.82) is 0 Å². The van der Waals surface area contributed by atoms with Crippen LogP contribution >= 0.6 is 0 Å². The number of benzene rings is 4. The molecule has 7 nitrogen and oxygen atoms in total. The van der Waals surface area contributed by atoms with Crippen molar-refractivity contribution < 1.29 is 14.4 Å². The molecule has 1 saturated heterocycles. The van der Waals surface area contributed by atoms with Crippen LogP contribution in [0, 0.1) is 6.92 Å². The average molecular weight is 555 g/mol. The molecular formula is C35H30N4O3. The summed E-state index contributed by atoms with van der Waals surface area (Å²) in [6.07, 6.45) is 1.17. The number of rotatable bonds is 6. The van der Waals surface area contributed by atoms with Crippen LogP contribution in [0.1, 0.15) is 44.3 Å². The maximum atomic E-state index is 14.1. The van der Waals surface area contributed by atoms with E-state index in [2.05, 4.69) is 16.4 Å². The Balaban J connectivity index is 1.17. The Labute approximate surface area is 243 Å². The third-order valence-corrected chi connectivity index (χ3v) is 8.37. The number of nitrogens with one attached hydrogen (secondary N) is 2. The summed E-state index contributed by atoms with van der Waals surface area (Å²) >= 11 is 0. The first kappa shape index (κ1) is 25.8. The predicted octanol–water partition coefficient (Wildman–Crippen LogP) is 5.93. The molecule has 2 aliphatic rings. The number of urea groups is 1. The predicted molar refractivity (Wildman–Crippen MR) is 162 cm³/mol. The number of para-hydroxylation sites is 1. The number of aryl methyl sites for hydroxylation is 1. The zero-order chi connectivity index (χ0) is 28.8. The maximum absolute atomic E-state index is 14.1. The molecule has 2 unspecified atom stereocenters. The lowest BCUT2D eigenvalue weighted by atomic mass is 9.88. The van der Waals surface area contributed by atoms with Crippen molar-refractivity contribution in [2.24, 2.45) is 0 Å².